The summed E-state index contributed by atoms with van der Waals surface area (Å²) in [6.45, 7) is 1.56. The Morgan fingerprint density at radius 3 is 2.74 bits per heavy atom. The molecule has 1 heterocycles. The standard InChI is InChI=1S/C10H7ClN4O3S/c1-6-13-10(18-14-6)15-19(16,17)8-3-2-7(5-12)9(11)4-8/h2-4H,1H3,(H,13,14,15). The van der Waals surface area contributed by atoms with E-state index in [4.69, 9.17) is 16.9 Å². The number of rotatable bonds is 3. The molecular formula is C10H7ClN4O3S. The van der Waals surface area contributed by atoms with Gasteiger partial charge < -0.3 is 4.52 Å². The summed E-state index contributed by atoms with van der Waals surface area (Å²) in [5, 5.41) is 12.2. The van der Waals surface area contributed by atoms with Crippen LogP contribution in [0.4, 0.5) is 6.01 Å². The highest BCUT2D eigenvalue weighted by Gasteiger charge is 2.18. The van der Waals surface area contributed by atoms with E-state index in [0.29, 0.717) is 5.82 Å². The largest absolute Gasteiger partial charge is 0.335 e. The van der Waals surface area contributed by atoms with Crippen LogP contribution in [0, 0.1) is 18.3 Å². The lowest BCUT2D eigenvalue weighted by Gasteiger charge is -2.04. The summed E-state index contributed by atoms with van der Waals surface area (Å²) < 4.78 is 30.7. The lowest BCUT2D eigenvalue weighted by Crippen LogP contribution is -2.13. The zero-order valence-electron chi connectivity index (χ0n) is 9.58. The van der Waals surface area contributed by atoms with Gasteiger partial charge in [-0.05, 0) is 25.1 Å². The van der Waals surface area contributed by atoms with Crippen molar-refractivity contribution in [3.05, 3.63) is 34.6 Å². The molecule has 1 N–H and O–H groups in total. The molecule has 0 radical (unpaired) electrons. The molecule has 0 aliphatic carbocycles. The molecule has 0 bridgehead atoms. The van der Waals surface area contributed by atoms with Crippen LogP contribution in [0.3, 0.4) is 0 Å². The van der Waals surface area contributed by atoms with Crippen molar-refractivity contribution in [3.63, 3.8) is 0 Å². The highest BCUT2D eigenvalue weighted by atomic mass is 35.5. The van der Waals surface area contributed by atoms with Crippen LogP contribution >= 0.6 is 11.6 Å². The molecule has 7 nitrogen and oxygen atoms in total. The van der Waals surface area contributed by atoms with E-state index in [2.05, 4.69) is 19.4 Å². The van der Waals surface area contributed by atoms with Crippen molar-refractivity contribution in [1.82, 2.24) is 10.1 Å². The van der Waals surface area contributed by atoms with Gasteiger partial charge in [-0.1, -0.05) is 16.8 Å². The number of aromatic nitrogens is 2. The Bertz CT molecular complexity index is 763. The van der Waals surface area contributed by atoms with Crippen molar-refractivity contribution >= 4 is 27.6 Å². The van der Waals surface area contributed by atoms with Gasteiger partial charge in [-0.2, -0.15) is 10.2 Å². The summed E-state index contributed by atoms with van der Waals surface area (Å²) in [5.74, 6) is 0.301. The summed E-state index contributed by atoms with van der Waals surface area (Å²) >= 11 is 5.78. The number of sulfonamides is 1. The van der Waals surface area contributed by atoms with Gasteiger partial charge in [-0.3, -0.25) is 0 Å². The molecule has 0 saturated carbocycles. The SMILES string of the molecule is Cc1noc(NS(=O)(=O)c2ccc(C#N)c(Cl)c2)n1. The van der Waals surface area contributed by atoms with Crippen molar-refractivity contribution in [2.45, 2.75) is 11.8 Å². The van der Waals surface area contributed by atoms with Gasteiger partial charge in [-0.15, -0.1) is 0 Å². The first-order chi connectivity index (χ1) is 8.92. The number of nitrogens with one attached hydrogen (secondary N) is 1. The Labute approximate surface area is 113 Å². The molecule has 1 aromatic carbocycles. The van der Waals surface area contributed by atoms with E-state index in [1.165, 1.54) is 18.2 Å². The Kier molecular flexibility index (Phi) is 3.42. The third kappa shape index (κ3) is 2.83. The van der Waals surface area contributed by atoms with Crippen LogP contribution in [0.25, 0.3) is 0 Å². The number of halogens is 1. The first kappa shape index (κ1) is 13.3. The monoisotopic (exact) mass is 298 g/mol. The maximum atomic E-state index is 12.0. The van der Waals surface area contributed by atoms with E-state index in [1.807, 2.05) is 6.07 Å². The van der Waals surface area contributed by atoms with Gasteiger partial charge >= 0.3 is 6.01 Å². The zero-order valence-corrected chi connectivity index (χ0v) is 11.2. The summed E-state index contributed by atoms with van der Waals surface area (Å²) in [5.41, 5.74) is 0.189. The van der Waals surface area contributed by atoms with Crippen LogP contribution in [0.15, 0.2) is 27.6 Å². The molecule has 0 aliphatic rings. The predicted molar refractivity (Wildman–Crippen MR) is 66.0 cm³/mol. The van der Waals surface area contributed by atoms with E-state index in [0.717, 1.165) is 0 Å². The van der Waals surface area contributed by atoms with Crippen molar-refractivity contribution in [1.29, 1.82) is 5.26 Å². The Balaban J connectivity index is 2.35. The quantitative estimate of drug-likeness (QED) is 0.923. The number of nitriles is 1. The molecule has 1 aromatic heterocycles. The van der Waals surface area contributed by atoms with Gasteiger partial charge in [0.1, 0.15) is 6.07 Å². The fourth-order valence-electron chi connectivity index (χ4n) is 1.27. The number of anilines is 1. The lowest BCUT2D eigenvalue weighted by atomic mass is 10.2. The summed E-state index contributed by atoms with van der Waals surface area (Å²) in [6.07, 6.45) is 0. The van der Waals surface area contributed by atoms with E-state index in [1.54, 1.807) is 6.92 Å². The predicted octanol–water partition coefficient (Wildman–Crippen LogP) is 1.70. The van der Waals surface area contributed by atoms with Gasteiger partial charge in [-0.25, -0.2) is 13.1 Å². The molecule has 0 unspecified atom stereocenters. The zero-order chi connectivity index (χ0) is 14.0. The van der Waals surface area contributed by atoms with Crippen molar-refractivity contribution in [2.24, 2.45) is 0 Å². The molecule has 0 saturated heterocycles. The van der Waals surface area contributed by atoms with Crippen LogP contribution < -0.4 is 4.72 Å². The third-order valence-electron chi connectivity index (χ3n) is 2.12. The fraction of sp³-hybridized carbons (Fsp3) is 0.100. The highest BCUT2D eigenvalue weighted by molar-refractivity contribution is 7.92. The average molecular weight is 299 g/mol. The Morgan fingerprint density at radius 2 is 2.21 bits per heavy atom. The second kappa shape index (κ2) is 4.87. The molecule has 0 aliphatic heterocycles. The maximum Gasteiger partial charge on any atom is 0.335 e. The molecular weight excluding hydrogens is 292 g/mol. The molecule has 2 aromatic rings. The Morgan fingerprint density at radius 1 is 1.47 bits per heavy atom. The van der Waals surface area contributed by atoms with Crippen LogP contribution in [0.1, 0.15) is 11.4 Å². The normalized spacial score (nSPS) is 11.0. The van der Waals surface area contributed by atoms with Crippen molar-refractivity contribution in [2.75, 3.05) is 4.72 Å². The van der Waals surface area contributed by atoms with E-state index in [-0.39, 0.29) is 21.5 Å². The minimum absolute atomic E-state index is 0.0482. The minimum Gasteiger partial charge on any atom is -0.314 e. The minimum atomic E-state index is -3.89. The average Bonchev–Trinajstić information content (AvgIpc) is 2.73. The Hall–Kier alpha value is -2.11. The van der Waals surface area contributed by atoms with Crippen LogP contribution in [0.2, 0.25) is 5.02 Å². The van der Waals surface area contributed by atoms with Crippen molar-refractivity contribution < 1.29 is 12.9 Å². The number of aryl methyl sites for hydroxylation is 1. The number of hydrogen-bond acceptors (Lipinski definition) is 6. The molecule has 2 rings (SSSR count). The van der Waals surface area contributed by atoms with Crippen LogP contribution in [0.5, 0.6) is 0 Å². The number of hydrogen-bond donors (Lipinski definition) is 1. The van der Waals surface area contributed by atoms with Crippen molar-refractivity contribution in [3.8, 4) is 6.07 Å². The first-order valence-corrected chi connectivity index (χ1v) is 6.81. The summed E-state index contributed by atoms with van der Waals surface area (Å²) in [7, 11) is -3.89. The van der Waals surface area contributed by atoms with Gasteiger partial charge in [0, 0.05) is 0 Å². The second-order valence-corrected chi connectivity index (χ2v) is 5.60. The van der Waals surface area contributed by atoms with E-state index >= 15 is 0 Å². The highest BCUT2D eigenvalue weighted by Crippen LogP contribution is 2.21. The summed E-state index contributed by atoms with van der Waals surface area (Å²) in [6, 6.07) is 5.35. The molecule has 9 heteroatoms. The van der Waals surface area contributed by atoms with Crippen LogP contribution in [-0.4, -0.2) is 18.6 Å². The molecule has 0 amide bonds. The van der Waals surface area contributed by atoms with Gasteiger partial charge in [0.2, 0.25) is 0 Å². The lowest BCUT2D eigenvalue weighted by molar-refractivity contribution is 0.429. The van der Waals surface area contributed by atoms with E-state index < -0.39 is 10.0 Å². The fourth-order valence-corrected chi connectivity index (χ4v) is 2.50. The molecule has 98 valence electrons. The van der Waals surface area contributed by atoms with E-state index in [9.17, 15) is 8.42 Å². The van der Waals surface area contributed by atoms with Gasteiger partial charge in [0.25, 0.3) is 10.0 Å². The summed E-state index contributed by atoms with van der Waals surface area (Å²) in [4.78, 5) is 3.62. The van der Waals surface area contributed by atoms with Crippen LogP contribution in [-0.2, 0) is 10.0 Å². The maximum absolute atomic E-state index is 12.0. The third-order valence-corrected chi connectivity index (χ3v) is 3.75. The smallest absolute Gasteiger partial charge is 0.314 e. The van der Waals surface area contributed by atoms with Gasteiger partial charge in [0.15, 0.2) is 5.82 Å². The molecule has 19 heavy (non-hydrogen) atoms. The second-order valence-electron chi connectivity index (χ2n) is 3.51. The topological polar surface area (TPSA) is 109 Å². The molecule has 0 spiro atoms. The first-order valence-electron chi connectivity index (χ1n) is 4.95. The molecule has 0 fully saturated rings. The van der Waals surface area contributed by atoms with Gasteiger partial charge in [0.05, 0.1) is 15.5 Å². The number of benzene rings is 1. The molecule has 0 atom stereocenters. The number of nitrogens with zero attached hydrogens (tertiary/aromatic N) is 3.